The molecule has 44 heavy (non-hydrogen) atoms. The number of unbranched alkanes of at least 4 members (excludes halogenated alkanes) is 5. The molecule has 5 nitrogen and oxygen atoms in total. The van der Waals surface area contributed by atoms with Gasteiger partial charge < -0.3 is 18.9 Å². The van der Waals surface area contributed by atoms with Gasteiger partial charge in [-0.15, -0.1) is 0 Å². The maximum atomic E-state index is 6.45. The number of ether oxygens (including phenoxy) is 4. The second kappa shape index (κ2) is 16.0. The smallest absolute Gasteiger partial charge is 0.184 e. The summed E-state index contributed by atoms with van der Waals surface area (Å²) in [5.74, 6) is 3.23. The van der Waals surface area contributed by atoms with Gasteiger partial charge in [0.1, 0.15) is 6.54 Å². The second-order valence-corrected chi connectivity index (χ2v) is 13.0. The van der Waals surface area contributed by atoms with Crippen molar-refractivity contribution in [1.82, 2.24) is 0 Å². The van der Waals surface area contributed by atoms with Crippen LogP contribution in [0.2, 0.25) is 0 Å². The lowest BCUT2D eigenvalue weighted by Crippen LogP contribution is -2.30. The summed E-state index contributed by atoms with van der Waals surface area (Å²) < 4.78 is 26.2. The van der Waals surface area contributed by atoms with Crippen molar-refractivity contribution >= 4 is 5.71 Å². The van der Waals surface area contributed by atoms with Crippen LogP contribution in [0.25, 0.3) is 0 Å². The molecule has 0 amide bonds. The van der Waals surface area contributed by atoms with Crippen molar-refractivity contribution < 1.29 is 23.5 Å². The Morgan fingerprint density at radius 2 is 1.43 bits per heavy atom. The van der Waals surface area contributed by atoms with Crippen LogP contribution in [-0.2, 0) is 24.8 Å². The third kappa shape index (κ3) is 8.58. The molecule has 1 heterocycles. The molecule has 0 saturated heterocycles. The average molecular weight is 601 g/mol. The first-order chi connectivity index (χ1) is 21.3. The Bertz CT molecular complexity index is 1380. The van der Waals surface area contributed by atoms with E-state index in [9.17, 15) is 0 Å². The van der Waals surface area contributed by atoms with Crippen LogP contribution in [0.4, 0.5) is 0 Å². The van der Waals surface area contributed by atoms with Crippen molar-refractivity contribution in [3.63, 3.8) is 0 Å². The highest BCUT2D eigenvalue weighted by Crippen LogP contribution is 2.35. The van der Waals surface area contributed by atoms with Crippen molar-refractivity contribution in [2.24, 2.45) is 0 Å². The van der Waals surface area contributed by atoms with Crippen LogP contribution >= 0.6 is 0 Å². The average Bonchev–Trinajstić information content (AvgIpc) is 3.03. The maximum Gasteiger partial charge on any atom is 0.184 e. The predicted molar refractivity (Wildman–Crippen MR) is 182 cm³/mol. The van der Waals surface area contributed by atoms with Gasteiger partial charge in [-0.25, -0.2) is 4.58 Å². The van der Waals surface area contributed by atoms with Crippen molar-refractivity contribution in [2.75, 3.05) is 34.5 Å². The summed E-state index contributed by atoms with van der Waals surface area (Å²) in [5, 5.41) is 0. The highest BCUT2D eigenvalue weighted by atomic mass is 16.5. The van der Waals surface area contributed by atoms with Crippen LogP contribution in [0, 0.1) is 0 Å². The zero-order chi connectivity index (χ0) is 31.5. The largest absolute Gasteiger partial charge is 0.493 e. The van der Waals surface area contributed by atoms with E-state index < -0.39 is 0 Å². The Kier molecular flexibility index (Phi) is 12.2. The number of methoxy groups -OCH3 is 3. The quantitative estimate of drug-likeness (QED) is 0.122. The highest BCUT2D eigenvalue weighted by molar-refractivity contribution is 5.99. The van der Waals surface area contributed by atoms with E-state index in [0.29, 0.717) is 6.61 Å². The Hall–Kier alpha value is -3.47. The fraction of sp³-hybridized carbons (Fsp3) is 0.513. The van der Waals surface area contributed by atoms with Gasteiger partial charge in [-0.3, -0.25) is 0 Å². The number of para-hydroxylation sites is 1. The van der Waals surface area contributed by atoms with E-state index in [2.05, 4.69) is 80.8 Å². The molecule has 1 aliphatic rings. The molecule has 3 aromatic carbocycles. The standard InChI is InChI=1S/C39H54NO4/c1-8-9-10-11-12-13-25-44-38-31(15-14-16-35(38)41-5)28-40-24-23-30-26-36(42-6)37(43-7)27-33(30)34(40)22-19-29-17-20-32(21-18-29)39(2,3)4/h14-18,20-21,26-27H,8-13,19,22-25,28H2,1-7H3/q+1. The van der Waals surface area contributed by atoms with Gasteiger partial charge in [-0.1, -0.05) is 90.1 Å². The maximum absolute atomic E-state index is 6.45. The van der Waals surface area contributed by atoms with Gasteiger partial charge in [-0.2, -0.15) is 0 Å². The summed E-state index contributed by atoms with van der Waals surface area (Å²) in [6, 6.07) is 19.7. The normalized spacial score (nSPS) is 13.1. The number of fused-ring (bicyclic) bond motifs is 1. The van der Waals surface area contributed by atoms with E-state index in [0.717, 1.165) is 67.3 Å². The number of hydrogen-bond donors (Lipinski definition) is 0. The minimum atomic E-state index is 0.146. The summed E-state index contributed by atoms with van der Waals surface area (Å²) in [6.07, 6.45) is 10.3. The van der Waals surface area contributed by atoms with Gasteiger partial charge in [0.2, 0.25) is 0 Å². The SMILES string of the molecule is CCCCCCCCOc1c(C[N+]2=C(CCc3ccc(C(C)(C)C)cc3)c3cc(OC)c(OC)cc3CC2)cccc1OC. The van der Waals surface area contributed by atoms with Gasteiger partial charge in [0.25, 0.3) is 0 Å². The molecular formula is C39H54NO4+. The lowest BCUT2D eigenvalue weighted by Gasteiger charge is -2.22. The molecule has 3 aromatic rings. The first kappa shape index (κ1) is 33.4. The van der Waals surface area contributed by atoms with Gasteiger partial charge in [0.05, 0.1) is 33.5 Å². The van der Waals surface area contributed by atoms with Crippen LogP contribution in [-0.4, -0.2) is 44.8 Å². The number of benzene rings is 3. The van der Waals surface area contributed by atoms with E-state index >= 15 is 0 Å². The van der Waals surface area contributed by atoms with Crippen LogP contribution in [0.15, 0.2) is 54.6 Å². The molecule has 1 aliphatic heterocycles. The van der Waals surface area contributed by atoms with Crippen molar-refractivity contribution in [3.05, 3.63) is 82.4 Å². The molecule has 5 heteroatoms. The van der Waals surface area contributed by atoms with Crippen LogP contribution < -0.4 is 18.9 Å². The van der Waals surface area contributed by atoms with Gasteiger partial charge in [0, 0.05) is 18.4 Å². The summed E-state index contributed by atoms with van der Waals surface area (Å²) >= 11 is 0. The molecule has 0 unspecified atom stereocenters. The fourth-order valence-corrected chi connectivity index (χ4v) is 6.13. The van der Waals surface area contributed by atoms with Gasteiger partial charge in [0.15, 0.2) is 35.3 Å². The van der Waals surface area contributed by atoms with Crippen LogP contribution in [0.5, 0.6) is 23.0 Å². The molecule has 238 valence electrons. The van der Waals surface area contributed by atoms with Gasteiger partial charge in [-0.05, 0) is 59.2 Å². The van der Waals surface area contributed by atoms with Crippen molar-refractivity contribution in [2.45, 2.75) is 97.4 Å². The van der Waals surface area contributed by atoms with E-state index in [1.165, 1.54) is 60.1 Å². The predicted octanol–water partition coefficient (Wildman–Crippen LogP) is 8.94. The zero-order valence-corrected chi connectivity index (χ0v) is 28.3. The summed E-state index contributed by atoms with van der Waals surface area (Å²) in [4.78, 5) is 0. The summed E-state index contributed by atoms with van der Waals surface area (Å²) in [6.45, 7) is 11.4. The monoisotopic (exact) mass is 600 g/mol. The number of nitrogens with zero attached hydrogens (tertiary/aromatic N) is 1. The Morgan fingerprint density at radius 1 is 0.750 bits per heavy atom. The highest BCUT2D eigenvalue weighted by Gasteiger charge is 2.29. The molecular weight excluding hydrogens is 546 g/mol. The molecule has 0 bridgehead atoms. The van der Waals surface area contributed by atoms with E-state index in [-0.39, 0.29) is 5.41 Å². The number of rotatable bonds is 16. The minimum absolute atomic E-state index is 0.146. The third-order valence-corrected chi connectivity index (χ3v) is 8.81. The van der Waals surface area contributed by atoms with E-state index in [1.807, 2.05) is 6.07 Å². The summed E-state index contributed by atoms with van der Waals surface area (Å²) in [7, 11) is 5.15. The Morgan fingerprint density at radius 3 is 2.11 bits per heavy atom. The molecule has 0 fully saturated rings. The molecule has 0 aliphatic carbocycles. The van der Waals surface area contributed by atoms with Crippen molar-refractivity contribution in [1.29, 1.82) is 0 Å². The Balaban J connectivity index is 1.64. The third-order valence-electron chi connectivity index (χ3n) is 8.81. The molecule has 0 saturated carbocycles. The molecule has 0 N–H and O–H groups in total. The van der Waals surface area contributed by atoms with Crippen LogP contribution in [0.3, 0.4) is 0 Å². The topological polar surface area (TPSA) is 39.9 Å². The van der Waals surface area contributed by atoms with Gasteiger partial charge >= 0.3 is 0 Å². The van der Waals surface area contributed by atoms with Crippen molar-refractivity contribution in [3.8, 4) is 23.0 Å². The van der Waals surface area contributed by atoms with Crippen LogP contribution in [0.1, 0.15) is 100 Å². The zero-order valence-electron chi connectivity index (χ0n) is 28.3. The molecule has 0 aromatic heterocycles. The lowest BCUT2D eigenvalue weighted by molar-refractivity contribution is -0.545. The minimum Gasteiger partial charge on any atom is -0.493 e. The number of hydrogen-bond acceptors (Lipinski definition) is 4. The lowest BCUT2D eigenvalue weighted by atomic mass is 9.86. The Labute approximate surface area is 266 Å². The first-order valence-electron chi connectivity index (χ1n) is 16.5. The molecule has 0 spiro atoms. The number of aryl methyl sites for hydroxylation is 1. The second-order valence-electron chi connectivity index (χ2n) is 13.0. The fourth-order valence-electron chi connectivity index (χ4n) is 6.13. The summed E-state index contributed by atoms with van der Waals surface area (Å²) in [5.41, 5.74) is 7.90. The first-order valence-corrected chi connectivity index (χ1v) is 16.5. The van der Waals surface area contributed by atoms with E-state index in [4.69, 9.17) is 18.9 Å². The molecule has 0 radical (unpaired) electrons. The molecule has 0 atom stereocenters. The molecule has 4 rings (SSSR count). The van der Waals surface area contributed by atoms with E-state index in [1.54, 1.807) is 21.3 Å².